The van der Waals surface area contributed by atoms with Crippen LogP contribution in [0, 0.1) is 6.57 Å². The van der Waals surface area contributed by atoms with Gasteiger partial charge in [0.1, 0.15) is 5.65 Å². The number of fused-ring (bicyclic) bond motifs is 1. The molecule has 1 atom stereocenters. The molecular formula is C8H6N3P. The lowest BCUT2D eigenvalue weighted by molar-refractivity contribution is 1.26. The van der Waals surface area contributed by atoms with E-state index in [2.05, 4.69) is 19.2 Å². The first-order valence-corrected chi connectivity index (χ1v) is 3.92. The van der Waals surface area contributed by atoms with Crippen molar-refractivity contribution in [1.82, 2.24) is 9.32 Å². The van der Waals surface area contributed by atoms with Gasteiger partial charge in [-0.25, -0.2) is 9.83 Å². The Bertz CT molecular complexity index is 467. The molecular weight excluding hydrogens is 169 g/mol. The first kappa shape index (κ1) is 7.27. The van der Waals surface area contributed by atoms with E-state index in [0.717, 1.165) is 11.0 Å². The number of rotatable bonds is 0. The molecule has 0 saturated heterocycles. The van der Waals surface area contributed by atoms with Crippen molar-refractivity contribution in [2.45, 2.75) is 0 Å². The van der Waals surface area contributed by atoms with Gasteiger partial charge in [-0.3, -0.25) is 0 Å². The van der Waals surface area contributed by atoms with Crippen LogP contribution in [0.3, 0.4) is 0 Å². The summed E-state index contributed by atoms with van der Waals surface area (Å²) < 4.78 is 1.85. The first-order chi connectivity index (χ1) is 5.81. The average molecular weight is 175 g/mol. The van der Waals surface area contributed by atoms with Crippen LogP contribution in [0.4, 0.5) is 5.69 Å². The monoisotopic (exact) mass is 175 g/mol. The summed E-state index contributed by atoms with van der Waals surface area (Å²) in [6, 6.07) is 3.76. The molecule has 2 aromatic heterocycles. The molecule has 0 aliphatic heterocycles. The zero-order valence-electron chi connectivity index (χ0n) is 6.23. The normalized spacial score (nSPS) is 10.0. The summed E-state index contributed by atoms with van der Waals surface area (Å²) in [6.07, 6.45) is 3.48. The van der Waals surface area contributed by atoms with Gasteiger partial charge < -0.3 is 4.34 Å². The van der Waals surface area contributed by atoms with E-state index in [-0.39, 0.29) is 0 Å². The van der Waals surface area contributed by atoms with Gasteiger partial charge in [-0.05, 0) is 21.5 Å². The molecule has 12 heavy (non-hydrogen) atoms. The summed E-state index contributed by atoms with van der Waals surface area (Å²) in [7, 11) is 2.54. The Morgan fingerprint density at radius 2 is 2.42 bits per heavy atom. The van der Waals surface area contributed by atoms with Crippen LogP contribution in [0.15, 0.2) is 24.5 Å². The van der Waals surface area contributed by atoms with E-state index in [1.807, 2.05) is 22.7 Å². The molecule has 0 aromatic carbocycles. The highest BCUT2D eigenvalue weighted by Gasteiger charge is 1.99. The van der Waals surface area contributed by atoms with Crippen molar-refractivity contribution in [1.29, 1.82) is 0 Å². The highest BCUT2D eigenvalue weighted by atomic mass is 31.0. The fourth-order valence-corrected chi connectivity index (χ4v) is 1.40. The zero-order valence-corrected chi connectivity index (χ0v) is 7.38. The highest BCUT2D eigenvalue weighted by molar-refractivity contribution is 7.14. The molecule has 0 bridgehead atoms. The Balaban J connectivity index is 2.80. The molecule has 0 aliphatic rings. The summed E-state index contributed by atoms with van der Waals surface area (Å²) in [6.45, 7) is 6.80. The molecule has 4 heteroatoms. The smallest absolute Gasteiger partial charge is 0.205 e. The van der Waals surface area contributed by atoms with Crippen LogP contribution in [0.2, 0.25) is 0 Å². The number of nitrogens with zero attached hydrogens (tertiary/aromatic N) is 3. The fourth-order valence-electron chi connectivity index (χ4n) is 1.09. The minimum Gasteiger partial charge on any atom is -0.317 e. The minimum atomic E-state index is 0.582. The van der Waals surface area contributed by atoms with Crippen LogP contribution in [0.25, 0.3) is 15.9 Å². The lowest BCUT2D eigenvalue weighted by Gasteiger charge is -1.93. The highest BCUT2D eigenvalue weighted by Crippen LogP contribution is 2.20. The van der Waals surface area contributed by atoms with Gasteiger partial charge in [0.15, 0.2) is 0 Å². The van der Waals surface area contributed by atoms with Crippen LogP contribution in [0.5, 0.6) is 0 Å². The molecule has 0 amide bonds. The van der Waals surface area contributed by atoms with Gasteiger partial charge in [-0.1, -0.05) is 0 Å². The first-order valence-electron chi connectivity index (χ1n) is 3.41. The third-order valence-corrected chi connectivity index (χ3v) is 2.09. The van der Waals surface area contributed by atoms with Gasteiger partial charge in [0.2, 0.25) is 5.69 Å². The van der Waals surface area contributed by atoms with E-state index in [1.165, 1.54) is 0 Å². The molecule has 1 unspecified atom stereocenters. The molecule has 0 aliphatic carbocycles. The van der Waals surface area contributed by atoms with E-state index in [4.69, 9.17) is 6.57 Å². The molecule has 2 aromatic rings. The van der Waals surface area contributed by atoms with Crippen molar-refractivity contribution in [3.63, 3.8) is 0 Å². The van der Waals surface area contributed by atoms with Crippen LogP contribution in [-0.4, -0.2) is 9.32 Å². The van der Waals surface area contributed by atoms with Gasteiger partial charge in [0.25, 0.3) is 0 Å². The number of hydrogen-bond donors (Lipinski definition) is 0. The Morgan fingerprint density at radius 3 is 3.17 bits per heavy atom. The van der Waals surface area contributed by atoms with Crippen molar-refractivity contribution in [2.75, 3.05) is 0 Å². The lowest BCUT2D eigenvalue weighted by atomic mass is 10.3. The van der Waals surface area contributed by atoms with Gasteiger partial charge in [-0.15, -0.1) is 0 Å². The summed E-state index contributed by atoms with van der Waals surface area (Å²) >= 11 is 0. The van der Waals surface area contributed by atoms with E-state index in [9.17, 15) is 0 Å². The maximum Gasteiger partial charge on any atom is 0.205 e. The van der Waals surface area contributed by atoms with E-state index in [1.54, 1.807) is 6.20 Å². The third kappa shape index (κ3) is 0.975. The van der Waals surface area contributed by atoms with Gasteiger partial charge in [0.05, 0.1) is 6.57 Å². The second-order valence-corrected chi connectivity index (χ2v) is 3.00. The Hall–Kier alpha value is -1.39. The largest absolute Gasteiger partial charge is 0.317 e. The summed E-state index contributed by atoms with van der Waals surface area (Å²) in [5, 5.41) is 0.999. The van der Waals surface area contributed by atoms with E-state index in [0.29, 0.717) is 5.69 Å². The van der Waals surface area contributed by atoms with Crippen molar-refractivity contribution in [2.24, 2.45) is 0 Å². The predicted molar refractivity (Wildman–Crippen MR) is 51.1 cm³/mol. The Morgan fingerprint density at radius 1 is 1.58 bits per heavy atom. The summed E-state index contributed by atoms with van der Waals surface area (Å²) in [5.41, 5.74) is 1.46. The lowest BCUT2D eigenvalue weighted by Crippen LogP contribution is -1.78. The second kappa shape index (κ2) is 2.58. The molecule has 2 heterocycles. The van der Waals surface area contributed by atoms with Crippen molar-refractivity contribution < 1.29 is 0 Å². The van der Waals surface area contributed by atoms with Crippen LogP contribution in [0.1, 0.15) is 0 Å². The quantitative estimate of drug-likeness (QED) is 0.444. The molecule has 3 nitrogen and oxygen atoms in total. The van der Waals surface area contributed by atoms with Crippen molar-refractivity contribution in [3.05, 3.63) is 35.9 Å². The molecule has 0 spiro atoms. The SMILES string of the molecule is [C-]#[N+]c1cnc2c(ccn2P)c1. The number of aromatic nitrogens is 2. The molecule has 2 rings (SSSR count). The Labute approximate surface area is 72.1 Å². The minimum absolute atomic E-state index is 0.582. The summed E-state index contributed by atoms with van der Waals surface area (Å²) in [4.78, 5) is 7.44. The maximum absolute atomic E-state index is 6.80. The predicted octanol–water partition coefficient (Wildman–Crippen LogP) is 2.23. The standard InChI is InChI=1S/C8H6N3P/c1-9-7-4-6-2-3-11(12)8(6)10-5-7/h2-5H,12H2. The van der Waals surface area contributed by atoms with Crippen molar-refractivity contribution in [3.8, 4) is 0 Å². The maximum atomic E-state index is 6.80. The molecule has 0 N–H and O–H groups in total. The van der Waals surface area contributed by atoms with Crippen LogP contribution >= 0.6 is 9.39 Å². The van der Waals surface area contributed by atoms with E-state index < -0.39 is 0 Å². The fraction of sp³-hybridized carbons (Fsp3) is 0. The summed E-state index contributed by atoms with van der Waals surface area (Å²) in [5.74, 6) is 0. The van der Waals surface area contributed by atoms with Crippen LogP contribution < -0.4 is 0 Å². The topological polar surface area (TPSA) is 22.2 Å². The van der Waals surface area contributed by atoms with Crippen molar-refractivity contribution >= 4 is 26.1 Å². The molecule has 58 valence electrons. The van der Waals surface area contributed by atoms with Gasteiger partial charge >= 0.3 is 0 Å². The van der Waals surface area contributed by atoms with Gasteiger partial charge in [0, 0.05) is 17.8 Å². The second-order valence-electron chi connectivity index (χ2n) is 2.44. The van der Waals surface area contributed by atoms with Crippen LogP contribution in [-0.2, 0) is 0 Å². The number of hydrogen-bond acceptors (Lipinski definition) is 1. The average Bonchev–Trinajstić information content (AvgIpc) is 2.47. The van der Waals surface area contributed by atoms with E-state index >= 15 is 0 Å². The number of pyridine rings is 1. The molecule has 0 fully saturated rings. The zero-order chi connectivity index (χ0) is 8.55. The molecule has 0 saturated carbocycles. The molecule has 0 radical (unpaired) electrons. The Kier molecular flexibility index (Phi) is 1.56. The third-order valence-electron chi connectivity index (χ3n) is 1.67. The van der Waals surface area contributed by atoms with Gasteiger partial charge in [-0.2, -0.15) is 0 Å².